The molecule has 0 saturated carbocycles. The molecule has 1 aliphatic heterocycles. The standard InChI is InChI=1S/C32H29NO3/c1-22-8-7-13-28(24-9-3-2-4-10-24)29(22)19-32(34)33(27-17-25-11-5-6-12-26(25)18-27)20-23-14-15-30-31(16-23)36-21-35-30/h2-16,27H,17-21H2,1H3. The quantitative estimate of drug-likeness (QED) is 0.337. The van der Waals surface area contributed by atoms with Gasteiger partial charge in [-0.05, 0) is 70.8 Å². The molecule has 4 aromatic carbocycles. The number of ether oxygens (including phenoxy) is 2. The molecular weight excluding hydrogens is 446 g/mol. The Balaban J connectivity index is 1.32. The van der Waals surface area contributed by atoms with Crippen LogP contribution < -0.4 is 9.47 Å². The number of benzene rings is 4. The second-order valence-corrected chi connectivity index (χ2v) is 9.68. The molecule has 1 amide bonds. The van der Waals surface area contributed by atoms with Crippen LogP contribution in [0.3, 0.4) is 0 Å². The largest absolute Gasteiger partial charge is 0.454 e. The van der Waals surface area contributed by atoms with Crippen LogP contribution in [0.15, 0.2) is 91.0 Å². The van der Waals surface area contributed by atoms with E-state index in [4.69, 9.17) is 9.47 Å². The first-order valence-electron chi connectivity index (χ1n) is 12.5. The summed E-state index contributed by atoms with van der Waals surface area (Å²) in [6, 6.07) is 31.3. The van der Waals surface area contributed by atoms with Crippen molar-refractivity contribution in [2.24, 2.45) is 0 Å². The van der Waals surface area contributed by atoms with Gasteiger partial charge in [-0.25, -0.2) is 0 Å². The molecule has 4 heteroatoms. The average Bonchev–Trinajstić information content (AvgIpc) is 3.55. The summed E-state index contributed by atoms with van der Waals surface area (Å²) in [5.41, 5.74) is 8.24. The molecule has 0 aromatic heterocycles. The van der Waals surface area contributed by atoms with Crippen molar-refractivity contribution in [3.63, 3.8) is 0 Å². The fourth-order valence-corrected chi connectivity index (χ4v) is 5.49. The predicted molar refractivity (Wildman–Crippen MR) is 141 cm³/mol. The molecule has 1 aliphatic carbocycles. The summed E-state index contributed by atoms with van der Waals surface area (Å²) in [4.78, 5) is 16.2. The van der Waals surface area contributed by atoms with Gasteiger partial charge in [0.05, 0.1) is 6.42 Å². The fourth-order valence-electron chi connectivity index (χ4n) is 5.49. The second-order valence-electron chi connectivity index (χ2n) is 9.68. The van der Waals surface area contributed by atoms with Gasteiger partial charge < -0.3 is 14.4 Å². The fraction of sp³-hybridized carbons (Fsp3) is 0.219. The number of carbonyl (C=O) groups excluding carboxylic acids is 1. The van der Waals surface area contributed by atoms with Gasteiger partial charge in [0.25, 0.3) is 0 Å². The van der Waals surface area contributed by atoms with Crippen LogP contribution in [-0.2, 0) is 30.6 Å². The molecule has 0 spiro atoms. The first kappa shape index (κ1) is 22.4. The number of nitrogens with zero attached hydrogens (tertiary/aromatic N) is 1. The van der Waals surface area contributed by atoms with Crippen LogP contribution >= 0.6 is 0 Å². The number of fused-ring (bicyclic) bond motifs is 2. The van der Waals surface area contributed by atoms with Crippen LogP contribution in [0.2, 0.25) is 0 Å². The first-order valence-corrected chi connectivity index (χ1v) is 12.5. The smallest absolute Gasteiger partial charge is 0.231 e. The second kappa shape index (κ2) is 9.54. The number of aryl methyl sites for hydroxylation is 1. The number of rotatable bonds is 6. The summed E-state index contributed by atoms with van der Waals surface area (Å²) in [5, 5.41) is 0. The molecule has 4 nitrogen and oxygen atoms in total. The number of carbonyl (C=O) groups is 1. The zero-order chi connectivity index (χ0) is 24.5. The molecule has 2 aliphatic rings. The van der Waals surface area contributed by atoms with Crippen LogP contribution in [0, 0.1) is 6.92 Å². The highest BCUT2D eigenvalue weighted by Crippen LogP contribution is 2.34. The Morgan fingerprint density at radius 3 is 2.33 bits per heavy atom. The maximum absolute atomic E-state index is 14.1. The first-order chi connectivity index (χ1) is 17.7. The third kappa shape index (κ3) is 4.35. The lowest BCUT2D eigenvalue weighted by atomic mass is 9.93. The highest BCUT2D eigenvalue weighted by atomic mass is 16.7. The molecule has 0 radical (unpaired) electrons. The highest BCUT2D eigenvalue weighted by molar-refractivity contribution is 5.83. The van der Waals surface area contributed by atoms with Gasteiger partial charge in [-0.2, -0.15) is 0 Å². The summed E-state index contributed by atoms with van der Waals surface area (Å²) >= 11 is 0. The summed E-state index contributed by atoms with van der Waals surface area (Å²) in [6.07, 6.45) is 2.13. The average molecular weight is 476 g/mol. The number of amides is 1. The molecule has 36 heavy (non-hydrogen) atoms. The molecule has 4 aromatic rings. The Hall–Kier alpha value is -4.05. The van der Waals surface area contributed by atoms with Crippen LogP contribution in [0.5, 0.6) is 11.5 Å². The lowest BCUT2D eigenvalue weighted by molar-refractivity contribution is -0.133. The highest BCUT2D eigenvalue weighted by Gasteiger charge is 2.31. The Labute approximate surface area is 212 Å². The van der Waals surface area contributed by atoms with Crippen molar-refractivity contribution in [3.8, 4) is 22.6 Å². The molecule has 1 heterocycles. The van der Waals surface area contributed by atoms with E-state index in [1.54, 1.807) is 0 Å². The minimum absolute atomic E-state index is 0.129. The van der Waals surface area contributed by atoms with Crippen molar-refractivity contribution in [1.29, 1.82) is 0 Å². The summed E-state index contributed by atoms with van der Waals surface area (Å²) < 4.78 is 11.1. The van der Waals surface area contributed by atoms with Gasteiger partial charge in [0.15, 0.2) is 11.5 Å². The lowest BCUT2D eigenvalue weighted by Crippen LogP contribution is -2.41. The molecule has 0 unspecified atom stereocenters. The normalized spacial score (nSPS) is 14.0. The van der Waals surface area contributed by atoms with E-state index in [2.05, 4.69) is 66.4 Å². The maximum atomic E-state index is 14.1. The predicted octanol–water partition coefficient (Wildman–Crippen LogP) is 6.13. The minimum atomic E-state index is 0.129. The van der Waals surface area contributed by atoms with E-state index in [9.17, 15) is 4.79 Å². The van der Waals surface area contributed by atoms with Crippen molar-refractivity contribution < 1.29 is 14.3 Å². The molecule has 180 valence electrons. The van der Waals surface area contributed by atoms with Crippen molar-refractivity contribution in [1.82, 2.24) is 4.90 Å². The van der Waals surface area contributed by atoms with E-state index in [0.29, 0.717) is 13.0 Å². The molecule has 0 atom stereocenters. The Bertz CT molecular complexity index is 1390. The zero-order valence-electron chi connectivity index (χ0n) is 20.4. The third-order valence-corrected chi connectivity index (χ3v) is 7.40. The Kier molecular flexibility index (Phi) is 5.94. The van der Waals surface area contributed by atoms with Gasteiger partial charge in [0.2, 0.25) is 12.7 Å². The Morgan fingerprint density at radius 1 is 0.833 bits per heavy atom. The van der Waals surface area contributed by atoms with Crippen molar-refractivity contribution in [3.05, 3.63) is 119 Å². The minimum Gasteiger partial charge on any atom is -0.454 e. The van der Waals surface area contributed by atoms with E-state index < -0.39 is 0 Å². The van der Waals surface area contributed by atoms with Gasteiger partial charge in [-0.1, -0.05) is 78.9 Å². The molecule has 0 fully saturated rings. The summed E-state index contributed by atoms with van der Waals surface area (Å²) in [7, 11) is 0. The van der Waals surface area contributed by atoms with Gasteiger partial charge in [0, 0.05) is 12.6 Å². The number of hydrogen-bond donors (Lipinski definition) is 0. The van der Waals surface area contributed by atoms with E-state index in [-0.39, 0.29) is 18.7 Å². The van der Waals surface area contributed by atoms with Crippen molar-refractivity contribution in [2.45, 2.75) is 38.8 Å². The third-order valence-electron chi connectivity index (χ3n) is 7.40. The Morgan fingerprint density at radius 2 is 1.56 bits per heavy atom. The van der Waals surface area contributed by atoms with E-state index >= 15 is 0 Å². The SMILES string of the molecule is Cc1cccc(-c2ccccc2)c1CC(=O)N(Cc1ccc2c(c1)OCO2)C1Cc2ccccc2C1. The molecule has 6 rings (SSSR count). The molecular formula is C32H29NO3. The van der Waals surface area contributed by atoms with E-state index in [1.165, 1.54) is 11.1 Å². The topological polar surface area (TPSA) is 38.8 Å². The zero-order valence-corrected chi connectivity index (χ0v) is 20.4. The van der Waals surface area contributed by atoms with Crippen LogP contribution in [0.4, 0.5) is 0 Å². The van der Waals surface area contributed by atoms with Crippen LogP contribution in [-0.4, -0.2) is 23.6 Å². The summed E-state index contributed by atoms with van der Waals surface area (Å²) in [5.74, 6) is 1.66. The summed E-state index contributed by atoms with van der Waals surface area (Å²) in [6.45, 7) is 2.89. The monoisotopic (exact) mass is 475 g/mol. The maximum Gasteiger partial charge on any atom is 0.231 e. The van der Waals surface area contributed by atoms with Crippen molar-refractivity contribution in [2.75, 3.05) is 6.79 Å². The lowest BCUT2D eigenvalue weighted by Gasteiger charge is -2.30. The molecule has 0 saturated heterocycles. The van der Waals surface area contributed by atoms with E-state index in [1.807, 2.05) is 36.4 Å². The number of hydrogen-bond acceptors (Lipinski definition) is 3. The molecule has 0 bridgehead atoms. The van der Waals surface area contributed by atoms with Crippen molar-refractivity contribution >= 4 is 5.91 Å². The van der Waals surface area contributed by atoms with Gasteiger partial charge in [-0.15, -0.1) is 0 Å². The van der Waals surface area contributed by atoms with Crippen LogP contribution in [0.1, 0.15) is 27.8 Å². The van der Waals surface area contributed by atoms with Gasteiger partial charge in [0.1, 0.15) is 0 Å². The van der Waals surface area contributed by atoms with Gasteiger partial charge in [-0.3, -0.25) is 4.79 Å². The molecule has 0 N–H and O–H groups in total. The van der Waals surface area contributed by atoms with Crippen LogP contribution in [0.25, 0.3) is 11.1 Å². The van der Waals surface area contributed by atoms with Gasteiger partial charge >= 0.3 is 0 Å². The van der Waals surface area contributed by atoms with E-state index in [0.717, 1.165) is 52.2 Å².